The molecule has 0 spiro atoms. The molecule has 2 aromatic rings. The SMILES string of the molecule is CSC(C)(C)CNS(=O)(=O)c1cccc2cc(N)ccc12. The lowest BCUT2D eigenvalue weighted by molar-refractivity contribution is 0.571. The summed E-state index contributed by atoms with van der Waals surface area (Å²) in [4.78, 5) is 0.289. The molecule has 0 saturated heterocycles. The van der Waals surface area contributed by atoms with Crippen molar-refractivity contribution in [1.29, 1.82) is 0 Å². The van der Waals surface area contributed by atoms with E-state index in [1.54, 1.807) is 42.1 Å². The molecule has 0 aromatic heterocycles. The molecule has 0 heterocycles. The van der Waals surface area contributed by atoms with Crippen LogP contribution in [0.25, 0.3) is 10.8 Å². The minimum absolute atomic E-state index is 0.151. The van der Waals surface area contributed by atoms with Crippen LogP contribution >= 0.6 is 11.8 Å². The lowest BCUT2D eigenvalue weighted by atomic mass is 10.1. The molecule has 114 valence electrons. The molecule has 3 N–H and O–H groups in total. The van der Waals surface area contributed by atoms with Crippen molar-refractivity contribution in [3.63, 3.8) is 0 Å². The summed E-state index contributed by atoms with van der Waals surface area (Å²) in [6.07, 6.45) is 1.97. The molecule has 0 aliphatic heterocycles. The summed E-state index contributed by atoms with van der Waals surface area (Å²) in [6, 6.07) is 10.5. The van der Waals surface area contributed by atoms with Gasteiger partial charge in [-0.2, -0.15) is 11.8 Å². The average Bonchev–Trinajstić information content (AvgIpc) is 2.44. The van der Waals surface area contributed by atoms with Crippen LogP contribution in [0.3, 0.4) is 0 Å². The van der Waals surface area contributed by atoms with Gasteiger partial charge in [-0.1, -0.05) is 18.2 Å². The van der Waals surface area contributed by atoms with Crippen molar-refractivity contribution >= 4 is 38.2 Å². The van der Waals surface area contributed by atoms with Crippen LogP contribution in [0.1, 0.15) is 13.8 Å². The molecule has 21 heavy (non-hydrogen) atoms. The molecule has 0 fully saturated rings. The van der Waals surface area contributed by atoms with Crippen LogP contribution < -0.4 is 10.5 Å². The first-order chi connectivity index (χ1) is 9.75. The third-order valence-corrected chi connectivity index (χ3v) is 6.10. The Morgan fingerprint density at radius 2 is 1.95 bits per heavy atom. The van der Waals surface area contributed by atoms with E-state index in [1.807, 2.05) is 26.2 Å². The normalized spacial score (nSPS) is 12.7. The Bertz CT molecular complexity index is 755. The molecule has 0 amide bonds. The van der Waals surface area contributed by atoms with Crippen LogP contribution in [0, 0.1) is 0 Å². The Balaban J connectivity index is 2.41. The topological polar surface area (TPSA) is 72.2 Å². The Morgan fingerprint density at radius 1 is 1.24 bits per heavy atom. The first-order valence-electron chi connectivity index (χ1n) is 6.58. The zero-order valence-corrected chi connectivity index (χ0v) is 14.0. The Kier molecular flexibility index (Phi) is 4.51. The van der Waals surface area contributed by atoms with Crippen LogP contribution in [0.5, 0.6) is 0 Å². The molecule has 2 rings (SSSR count). The highest BCUT2D eigenvalue weighted by Gasteiger charge is 2.22. The maximum atomic E-state index is 12.5. The quantitative estimate of drug-likeness (QED) is 0.830. The number of fused-ring (bicyclic) bond motifs is 1. The second-order valence-electron chi connectivity index (χ2n) is 5.53. The molecular formula is C15H20N2O2S2. The summed E-state index contributed by atoms with van der Waals surface area (Å²) in [5.41, 5.74) is 6.37. The monoisotopic (exact) mass is 324 g/mol. The third kappa shape index (κ3) is 3.70. The first kappa shape index (κ1) is 16.1. The van der Waals surface area contributed by atoms with E-state index in [2.05, 4.69) is 4.72 Å². The minimum Gasteiger partial charge on any atom is -0.399 e. The fraction of sp³-hybridized carbons (Fsp3) is 0.333. The van der Waals surface area contributed by atoms with Gasteiger partial charge in [-0.05, 0) is 43.7 Å². The van der Waals surface area contributed by atoms with E-state index < -0.39 is 10.0 Å². The van der Waals surface area contributed by atoms with Gasteiger partial charge < -0.3 is 5.73 Å². The van der Waals surface area contributed by atoms with Crippen LogP contribution in [-0.2, 0) is 10.0 Å². The Morgan fingerprint density at radius 3 is 2.62 bits per heavy atom. The molecule has 0 aliphatic rings. The Labute approximate surface area is 130 Å². The van der Waals surface area contributed by atoms with Gasteiger partial charge in [-0.15, -0.1) is 0 Å². The van der Waals surface area contributed by atoms with Crippen molar-refractivity contribution in [3.05, 3.63) is 36.4 Å². The number of thioether (sulfide) groups is 1. The van der Waals surface area contributed by atoms with Gasteiger partial charge >= 0.3 is 0 Å². The molecule has 0 atom stereocenters. The number of rotatable bonds is 5. The summed E-state index contributed by atoms with van der Waals surface area (Å²) in [7, 11) is -3.55. The highest BCUT2D eigenvalue weighted by molar-refractivity contribution is 8.00. The zero-order valence-electron chi connectivity index (χ0n) is 12.4. The minimum atomic E-state index is -3.55. The number of benzene rings is 2. The number of hydrogen-bond donors (Lipinski definition) is 2. The molecular weight excluding hydrogens is 304 g/mol. The molecule has 2 aromatic carbocycles. The maximum absolute atomic E-state index is 12.5. The molecule has 0 radical (unpaired) electrons. The van der Waals surface area contributed by atoms with Gasteiger partial charge in [0, 0.05) is 22.4 Å². The molecule has 6 heteroatoms. The van der Waals surface area contributed by atoms with Crippen molar-refractivity contribution in [2.45, 2.75) is 23.5 Å². The third-order valence-electron chi connectivity index (χ3n) is 3.39. The fourth-order valence-electron chi connectivity index (χ4n) is 1.93. The van der Waals surface area contributed by atoms with Gasteiger partial charge in [0.05, 0.1) is 4.90 Å². The fourth-order valence-corrected chi connectivity index (χ4v) is 3.67. The van der Waals surface area contributed by atoms with Crippen LogP contribution in [0.2, 0.25) is 0 Å². The summed E-state index contributed by atoms with van der Waals surface area (Å²) in [6.45, 7) is 4.38. The van der Waals surface area contributed by atoms with Crippen LogP contribution in [-0.4, -0.2) is 26.0 Å². The predicted molar refractivity (Wildman–Crippen MR) is 91.1 cm³/mol. The lowest BCUT2D eigenvalue weighted by Crippen LogP contribution is -2.36. The maximum Gasteiger partial charge on any atom is 0.241 e. The number of hydrogen-bond acceptors (Lipinski definition) is 4. The molecule has 0 aliphatic carbocycles. The van der Waals surface area contributed by atoms with E-state index in [9.17, 15) is 8.42 Å². The number of anilines is 1. The van der Waals surface area contributed by atoms with Crippen molar-refractivity contribution in [3.8, 4) is 0 Å². The van der Waals surface area contributed by atoms with Gasteiger partial charge in [0.2, 0.25) is 10.0 Å². The molecule has 0 unspecified atom stereocenters. The number of nitrogens with two attached hydrogens (primary N) is 1. The average molecular weight is 324 g/mol. The Hall–Kier alpha value is -1.24. The van der Waals surface area contributed by atoms with E-state index in [1.165, 1.54) is 0 Å². The van der Waals surface area contributed by atoms with Crippen molar-refractivity contribution in [2.24, 2.45) is 0 Å². The van der Waals surface area contributed by atoms with E-state index in [0.29, 0.717) is 17.6 Å². The van der Waals surface area contributed by atoms with E-state index >= 15 is 0 Å². The van der Waals surface area contributed by atoms with Gasteiger partial charge in [0.15, 0.2) is 0 Å². The summed E-state index contributed by atoms with van der Waals surface area (Å²) in [5.74, 6) is 0. The van der Waals surface area contributed by atoms with Gasteiger partial charge in [-0.3, -0.25) is 0 Å². The molecule has 4 nitrogen and oxygen atoms in total. The number of nitrogen functional groups attached to an aromatic ring is 1. The predicted octanol–water partition coefficient (Wildman–Crippen LogP) is 2.84. The van der Waals surface area contributed by atoms with Crippen molar-refractivity contribution in [1.82, 2.24) is 4.72 Å². The largest absolute Gasteiger partial charge is 0.399 e. The summed E-state index contributed by atoms with van der Waals surface area (Å²) in [5, 5.41) is 1.50. The van der Waals surface area contributed by atoms with Crippen molar-refractivity contribution < 1.29 is 8.42 Å². The van der Waals surface area contributed by atoms with E-state index in [-0.39, 0.29) is 9.64 Å². The van der Waals surface area contributed by atoms with Gasteiger partial charge in [0.1, 0.15) is 0 Å². The van der Waals surface area contributed by atoms with E-state index in [4.69, 9.17) is 5.73 Å². The molecule has 0 bridgehead atoms. The number of sulfonamides is 1. The molecule has 0 saturated carbocycles. The zero-order chi connectivity index (χ0) is 15.7. The first-order valence-corrected chi connectivity index (χ1v) is 9.29. The second kappa shape index (κ2) is 5.87. The summed E-state index contributed by atoms with van der Waals surface area (Å²) < 4.78 is 27.6. The van der Waals surface area contributed by atoms with E-state index in [0.717, 1.165) is 5.39 Å². The highest BCUT2D eigenvalue weighted by atomic mass is 32.2. The van der Waals surface area contributed by atoms with Gasteiger partial charge in [-0.25, -0.2) is 13.1 Å². The smallest absolute Gasteiger partial charge is 0.241 e. The van der Waals surface area contributed by atoms with Crippen LogP contribution in [0.4, 0.5) is 5.69 Å². The number of nitrogens with one attached hydrogen (secondary N) is 1. The summed E-state index contributed by atoms with van der Waals surface area (Å²) >= 11 is 1.63. The standard InChI is InChI=1S/C15H20N2O2S2/c1-15(2,20-3)10-17-21(18,19)14-6-4-5-11-9-12(16)7-8-13(11)14/h4-9,17H,10,16H2,1-3H3. The van der Waals surface area contributed by atoms with Crippen molar-refractivity contribution in [2.75, 3.05) is 18.5 Å². The second-order valence-corrected chi connectivity index (χ2v) is 8.77. The van der Waals surface area contributed by atoms with Crippen LogP contribution in [0.15, 0.2) is 41.3 Å². The lowest BCUT2D eigenvalue weighted by Gasteiger charge is -2.22. The van der Waals surface area contributed by atoms with Gasteiger partial charge in [0.25, 0.3) is 0 Å². The highest BCUT2D eigenvalue weighted by Crippen LogP contribution is 2.26.